The van der Waals surface area contributed by atoms with Crippen LogP contribution in [0.3, 0.4) is 0 Å². The zero-order chi connectivity index (χ0) is 20.8. The first-order chi connectivity index (χ1) is 13.3. The van der Waals surface area contributed by atoms with Crippen LogP contribution in [-0.4, -0.2) is 22.0 Å². The van der Waals surface area contributed by atoms with Crippen LogP contribution in [0, 0.1) is 13.8 Å². The number of nitrogen functional groups attached to an aromatic ring is 1. The second kappa shape index (κ2) is 9.39. The number of nitrogens with two attached hydrogens (primary N) is 1. The number of anilines is 2. The van der Waals surface area contributed by atoms with Gasteiger partial charge in [0.1, 0.15) is 5.82 Å². The van der Waals surface area contributed by atoms with Gasteiger partial charge in [0.15, 0.2) is 5.69 Å². The molecular weight excluding hydrogens is 356 g/mol. The van der Waals surface area contributed by atoms with Crippen molar-refractivity contribution in [2.45, 2.75) is 59.9 Å². The highest BCUT2D eigenvalue weighted by Gasteiger charge is 2.25. The number of benzene rings is 1. The van der Waals surface area contributed by atoms with Crippen LogP contribution in [0.15, 0.2) is 27.8 Å². The van der Waals surface area contributed by atoms with Gasteiger partial charge in [-0.2, -0.15) is 0 Å². The van der Waals surface area contributed by atoms with Crippen molar-refractivity contribution in [3.63, 3.8) is 0 Å². The molecule has 0 aliphatic carbocycles. The number of nitrogens with one attached hydrogen (secondary N) is 1. The summed E-state index contributed by atoms with van der Waals surface area (Å²) in [7, 11) is 0. The van der Waals surface area contributed by atoms with E-state index < -0.39 is 11.2 Å². The van der Waals surface area contributed by atoms with Crippen molar-refractivity contribution in [2.24, 2.45) is 0 Å². The van der Waals surface area contributed by atoms with Gasteiger partial charge in [0.25, 0.3) is 11.5 Å². The average molecular weight is 386 g/mol. The number of nitrogens with zero attached hydrogens (tertiary/aromatic N) is 2. The van der Waals surface area contributed by atoms with E-state index in [-0.39, 0.29) is 17.4 Å². The number of carbonyl (C=O) groups is 1. The van der Waals surface area contributed by atoms with Gasteiger partial charge in [0.05, 0.1) is 0 Å². The molecule has 0 aliphatic heterocycles. The van der Waals surface area contributed by atoms with Gasteiger partial charge >= 0.3 is 5.69 Å². The minimum absolute atomic E-state index is 0.0375. The second-order valence-electron chi connectivity index (χ2n) is 7.11. The molecule has 0 atom stereocenters. The number of hydrogen-bond donors (Lipinski definition) is 2. The molecule has 0 unspecified atom stereocenters. The van der Waals surface area contributed by atoms with Crippen LogP contribution in [-0.2, 0) is 6.54 Å². The maximum atomic E-state index is 13.3. The average Bonchev–Trinajstić information content (AvgIpc) is 2.65. The highest BCUT2D eigenvalue weighted by molar-refractivity contribution is 6.07. The molecule has 2 aromatic rings. The number of aromatic amines is 1. The number of hydrogen-bond acceptors (Lipinski definition) is 4. The summed E-state index contributed by atoms with van der Waals surface area (Å²) in [6.45, 7) is 8.67. The molecule has 7 heteroatoms. The molecule has 3 N–H and O–H groups in total. The number of unbranched alkanes of at least 4 members (excludes halogenated alkanes) is 2. The van der Waals surface area contributed by atoms with Crippen LogP contribution < -0.4 is 21.9 Å². The van der Waals surface area contributed by atoms with Gasteiger partial charge in [0, 0.05) is 18.7 Å². The lowest BCUT2D eigenvalue weighted by atomic mass is 10.1. The Labute approximate surface area is 165 Å². The number of H-pyrrole nitrogens is 1. The van der Waals surface area contributed by atoms with E-state index in [4.69, 9.17) is 5.73 Å². The minimum Gasteiger partial charge on any atom is -0.383 e. The van der Waals surface area contributed by atoms with E-state index in [1.54, 1.807) is 6.07 Å². The molecule has 2 rings (SSSR count). The first kappa shape index (κ1) is 21.5. The lowest BCUT2D eigenvalue weighted by Crippen LogP contribution is -2.41. The van der Waals surface area contributed by atoms with Crippen LogP contribution in [0.2, 0.25) is 0 Å². The highest BCUT2D eigenvalue weighted by Crippen LogP contribution is 2.21. The zero-order valence-corrected chi connectivity index (χ0v) is 17.2. The SMILES string of the molecule is CCCCN(C(=O)c1ccc(C)c(C)c1)c1c(N)n(CCCC)c(=O)[nH]c1=O. The van der Waals surface area contributed by atoms with Crippen molar-refractivity contribution < 1.29 is 4.79 Å². The lowest BCUT2D eigenvalue weighted by molar-refractivity contribution is 0.0986. The van der Waals surface area contributed by atoms with Crippen molar-refractivity contribution in [3.8, 4) is 0 Å². The molecule has 1 amide bonds. The van der Waals surface area contributed by atoms with E-state index in [1.807, 2.05) is 39.8 Å². The topological polar surface area (TPSA) is 101 Å². The van der Waals surface area contributed by atoms with E-state index in [9.17, 15) is 14.4 Å². The molecule has 1 aromatic carbocycles. The normalized spacial score (nSPS) is 10.9. The molecule has 1 aromatic heterocycles. The van der Waals surface area contributed by atoms with E-state index in [2.05, 4.69) is 4.98 Å². The molecule has 0 fully saturated rings. The quantitative estimate of drug-likeness (QED) is 0.728. The summed E-state index contributed by atoms with van der Waals surface area (Å²) in [5.41, 5.74) is 7.65. The highest BCUT2D eigenvalue weighted by atomic mass is 16.2. The Kier molecular flexibility index (Phi) is 7.20. The fourth-order valence-corrected chi connectivity index (χ4v) is 3.04. The summed E-state index contributed by atoms with van der Waals surface area (Å²) in [6.07, 6.45) is 3.19. The number of amides is 1. The Morgan fingerprint density at radius 1 is 1.11 bits per heavy atom. The van der Waals surface area contributed by atoms with Crippen molar-refractivity contribution in [1.82, 2.24) is 9.55 Å². The van der Waals surface area contributed by atoms with Crippen molar-refractivity contribution in [2.75, 3.05) is 17.2 Å². The van der Waals surface area contributed by atoms with Gasteiger partial charge in [-0.1, -0.05) is 32.8 Å². The van der Waals surface area contributed by atoms with Crippen molar-refractivity contribution >= 4 is 17.4 Å². The number of carbonyl (C=O) groups excluding carboxylic acids is 1. The van der Waals surface area contributed by atoms with E-state index in [1.165, 1.54) is 9.47 Å². The Morgan fingerprint density at radius 3 is 2.39 bits per heavy atom. The largest absolute Gasteiger partial charge is 0.383 e. The molecular formula is C21H30N4O3. The van der Waals surface area contributed by atoms with E-state index in [0.717, 1.165) is 30.4 Å². The summed E-state index contributed by atoms with van der Waals surface area (Å²) in [6, 6.07) is 5.45. The van der Waals surface area contributed by atoms with Crippen LogP contribution >= 0.6 is 0 Å². The van der Waals surface area contributed by atoms with Gasteiger partial charge in [-0.25, -0.2) is 4.79 Å². The van der Waals surface area contributed by atoms with Gasteiger partial charge in [-0.15, -0.1) is 0 Å². The summed E-state index contributed by atoms with van der Waals surface area (Å²) in [5.74, 6) is -0.259. The molecule has 0 bridgehead atoms. The third-order valence-corrected chi connectivity index (χ3v) is 4.95. The molecule has 7 nitrogen and oxygen atoms in total. The van der Waals surface area contributed by atoms with Gasteiger partial charge in [0.2, 0.25) is 0 Å². The maximum Gasteiger partial charge on any atom is 0.330 e. The predicted octanol–water partition coefficient (Wildman–Crippen LogP) is 2.98. The first-order valence-electron chi connectivity index (χ1n) is 9.83. The fraction of sp³-hybridized carbons (Fsp3) is 0.476. The van der Waals surface area contributed by atoms with Crippen LogP contribution in [0.5, 0.6) is 0 Å². The van der Waals surface area contributed by atoms with Gasteiger partial charge in [-0.05, 0) is 49.9 Å². The smallest absolute Gasteiger partial charge is 0.330 e. The van der Waals surface area contributed by atoms with Crippen molar-refractivity contribution in [3.05, 3.63) is 55.7 Å². The molecule has 0 radical (unpaired) electrons. The molecule has 1 heterocycles. The summed E-state index contributed by atoms with van der Waals surface area (Å²) < 4.78 is 1.34. The molecule has 28 heavy (non-hydrogen) atoms. The second-order valence-corrected chi connectivity index (χ2v) is 7.11. The molecule has 0 saturated carbocycles. The lowest BCUT2D eigenvalue weighted by Gasteiger charge is -2.25. The first-order valence-corrected chi connectivity index (χ1v) is 9.83. The minimum atomic E-state index is -0.636. The van der Waals surface area contributed by atoms with Crippen molar-refractivity contribution in [1.29, 1.82) is 0 Å². The summed E-state index contributed by atoms with van der Waals surface area (Å²) in [5, 5.41) is 0. The Hall–Kier alpha value is -2.83. The van der Waals surface area contributed by atoms with E-state index >= 15 is 0 Å². The maximum absolute atomic E-state index is 13.3. The summed E-state index contributed by atoms with van der Waals surface area (Å²) >= 11 is 0. The Balaban J connectivity index is 2.59. The monoisotopic (exact) mass is 386 g/mol. The standard InChI is InChI=1S/C21H30N4O3/c1-5-7-11-24(20(27)16-10-9-14(3)15(4)13-16)17-18(22)25(12-8-6-2)21(28)23-19(17)26/h9-10,13H,5-8,11-12,22H2,1-4H3,(H,23,26,28). The van der Waals surface area contributed by atoms with Crippen LogP contribution in [0.4, 0.5) is 11.5 Å². The number of rotatable bonds is 8. The van der Waals surface area contributed by atoms with Crippen LogP contribution in [0.1, 0.15) is 61.0 Å². The molecule has 152 valence electrons. The van der Waals surface area contributed by atoms with Gasteiger partial charge in [-0.3, -0.25) is 19.1 Å². The fourth-order valence-electron chi connectivity index (χ4n) is 3.04. The van der Waals surface area contributed by atoms with E-state index in [0.29, 0.717) is 25.1 Å². The third-order valence-electron chi connectivity index (χ3n) is 4.95. The summed E-state index contributed by atoms with van der Waals surface area (Å²) in [4.78, 5) is 41.8. The number of aromatic nitrogens is 2. The molecule has 0 saturated heterocycles. The van der Waals surface area contributed by atoms with Crippen LogP contribution in [0.25, 0.3) is 0 Å². The predicted molar refractivity (Wildman–Crippen MR) is 113 cm³/mol. The Bertz CT molecular complexity index is 959. The van der Waals surface area contributed by atoms with Gasteiger partial charge < -0.3 is 10.6 Å². The molecule has 0 aliphatic rings. The number of aryl methyl sites for hydroxylation is 2. The third kappa shape index (κ3) is 4.52. The zero-order valence-electron chi connectivity index (χ0n) is 17.2. The molecule has 0 spiro atoms. The Morgan fingerprint density at radius 2 is 1.79 bits per heavy atom.